The molecule has 3 rings (SSSR count). The lowest BCUT2D eigenvalue weighted by Crippen LogP contribution is -2.47. The predicted octanol–water partition coefficient (Wildman–Crippen LogP) is 1.71. The van der Waals surface area contributed by atoms with Crippen molar-refractivity contribution in [3.8, 4) is 11.5 Å². The quantitative estimate of drug-likeness (QED) is 0.626. The number of pyridine rings is 1. The van der Waals surface area contributed by atoms with Gasteiger partial charge in [-0.05, 0) is 43.3 Å². The largest absolute Gasteiger partial charge is 0.493 e. The molecule has 30 heavy (non-hydrogen) atoms. The Morgan fingerprint density at radius 2 is 1.73 bits per heavy atom. The third-order valence-electron chi connectivity index (χ3n) is 5.40. The summed E-state index contributed by atoms with van der Waals surface area (Å²) in [5, 5.41) is 0. The summed E-state index contributed by atoms with van der Waals surface area (Å²) >= 11 is 0. The van der Waals surface area contributed by atoms with Gasteiger partial charge in [-0.2, -0.15) is 4.31 Å². The molecule has 164 valence electrons. The van der Waals surface area contributed by atoms with Crippen LogP contribution in [0.4, 0.5) is 5.82 Å². The van der Waals surface area contributed by atoms with E-state index in [0.29, 0.717) is 24.6 Å². The van der Waals surface area contributed by atoms with E-state index < -0.39 is 10.0 Å². The van der Waals surface area contributed by atoms with Gasteiger partial charge in [0, 0.05) is 46.0 Å². The van der Waals surface area contributed by atoms with Gasteiger partial charge in [-0.1, -0.05) is 6.07 Å². The summed E-state index contributed by atoms with van der Waals surface area (Å²) in [4.78, 5) is 8.76. The molecule has 0 amide bonds. The van der Waals surface area contributed by atoms with Crippen molar-refractivity contribution >= 4 is 15.8 Å². The molecule has 0 N–H and O–H groups in total. The van der Waals surface area contributed by atoms with Crippen LogP contribution in [0.1, 0.15) is 5.56 Å². The van der Waals surface area contributed by atoms with Gasteiger partial charge in [0.25, 0.3) is 0 Å². The van der Waals surface area contributed by atoms with Crippen LogP contribution in [-0.4, -0.2) is 83.6 Å². The fraction of sp³-hybridized carbons (Fsp3) is 0.476. The molecule has 9 heteroatoms. The Morgan fingerprint density at radius 3 is 2.33 bits per heavy atom. The van der Waals surface area contributed by atoms with Crippen molar-refractivity contribution in [2.45, 2.75) is 11.3 Å². The van der Waals surface area contributed by atoms with E-state index in [-0.39, 0.29) is 4.90 Å². The van der Waals surface area contributed by atoms with Crippen LogP contribution in [-0.2, 0) is 16.4 Å². The van der Waals surface area contributed by atoms with Crippen LogP contribution in [0.5, 0.6) is 11.5 Å². The number of likely N-dealkylation sites (N-methyl/N-ethyl adjacent to an activating group) is 2. The molecular formula is C21H30N4O4S. The van der Waals surface area contributed by atoms with Crippen LogP contribution in [0.15, 0.2) is 41.4 Å². The maximum absolute atomic E-state index is 12.8. The van der Waals surface area contributed by atoms with E-state index in [1.165, 1.54) is 10.5 Å². The first-order chi connectivity index (χ1) is 14.3. The molecule has 0 aliphatic carbocycles. The summed E-state index contributed by atoms with van der Waals surface area (Å²) < 4.78 is 37.8. The van der Waals surface area contributed by atoms with E-state index in [2.05, 4.69) is 9.88 Å². The van der Waals surface area contributed by atoms with Crippen LogP contribution in [0.25, 0.3) is 0 Å². The van der Waals surface area contributed by atoms with Crippen molar-refractivity contribution in [1.82, 2.24) is 14.2 Å². The highest BCUT2D eigenvalue weighted by Gasteiger charge is 2.27. The summed E-state index contributed by atoms with van der Waals surface area (Å²) in [6.45, 7) is 3.22. The van der Waals surface area contributed by atoms with Crippen molar-refractivity contribution in [2.24, 2.45) is 0 Å². The van der Waals surface area contributed by atoms with Gasteiger partial charge < -0.3 is 19.3 Å². The highest BCUT2D eigenvalue weighted by Crippen LogP contribution is 2.28. The second kappa shape index (κ2) is 9.63. The van der Waals surface area contributed by atoms with E-state index in [0.717, 1.165) is 37.4 Å². The van der Waals surface area contributed by atoms with E-state index >= 15 is 0 Å². The van der Waals surface area contributed by atoms with Crippen molar-refractivity contribution in [3.05, 3.63) is 42.1 Å². The third-order valence-corrected chi connectivity index (χ3v) is 7.28. The molecule has 0 unspecified atom stereocenters. The number of sulfonamides is 1. The molecule has 0 spiro atoms. The number of anilines is 1. The number of hydrogen-bond donors (Lipinski definition) is 0. The van der Waals surface area contributed by atoms with Crippen molar-refractivity contribution in [1.29, 1.82) is 0 Å². The highest BCUT2D eigenvalue weighted by molar-refractivity contribution is 7.89. The Kier molecular flexibility index (Phi) is 7.17. The first kappa shape index (κ1) is 22.3. The summed E-state index contributed by atoms with van der Waals surface area (Å²) in [6.07, 6.45) is 2.25. The Balaban J connectivity index is 1.63. The standard InChI is InChI=1S/C21H30N4O4S/c1-23-11-13-25(14-12-23)30(26,27)18-6-8-21(22-16-18)24(2)10-9-17-5-7-19(28-3)20(15-17)29-4/h5-8,15-16H,9-14H2,1-4H3. The number of rotatable bonds is 8. The van der Waals surface area contributed by atoms with Gasteiger partial charge in [-0.3, -0.25) is 0 Å². The number of piperazine rings is 1. The zero-order valence-corrected chi connectivity index (χ0v) is 18.9. The predicted molar refractivity (Wildman–Crippen MR) is 117 cm³/mol. The second-order valence-electron chi connectivity index (χ2n) is 7.42. The van der Waals surface area contributed by atoms with Gasteiger partial charge in [0.2, 0.25) is 10.0 Å². The second-order valence-corrected chi connectivity index (χ2v) is 9.36. The Morgan fingerprint density at radius 1 is 1.03 bits per heavy atom. The lowest BCUT2D eigenvalue weighted by Gasteiger charge is -2.31. The maximum Gasteiger partial charge on any atom is 0.244 e. The average molecular weight is 435 g/mol. The minimum atomic E-state index is -3.50. The average Bonchev–Trinajstić information content (AvgIpc) is 2.77. The molecule has 1 fully saturated rings. The van der Waals surface area contributed by atoms with Crippen molar-refractivity contribution in [2.75, 3.05) is 65.9 Å². The van der Waals surface area contributed by atoms with Crippen molar-refractivity contribution < 1.29 is 17.9 Å². The lowest BCUT2D eigenvalue weighted by molar-refractivity contribution is 0.222. The fourth-order valence-electron chi connectivity index (χ4n) is 3.38. The Bertz CT molecular complexity index is 942. The molecule has 1 aromatic carbocycles. The number of nitrogens with zero attached hydrogens (tertiary/aromatic N) is 4. The zero-order valence-electron chi connectivity index (χ0n) is 18.0. The lowest BCUT2D eigenvalue weighted by atomic mass is 10.1. The van der Waals surface area contributed by atoms with Crippen LogP contribution < -0.4 is 14.4 Å². The molecule has 8 nitrogen and oxygen atoms in total. The minimum absolute atomic E-state index is 0.240. The molecule has 0 radical (unpaired) electrons. The minimum Gasteiger partial charge on any atom is -0.493 e. The third kappa shape index (κ3) is 5.03. The first-order valence-corrected chi connectivity index (χ1v) is 11.4. The molecule has 1 aliphatic heterocycles. The first-order valence-electron chi connectivity index (χ1n) is 9.92. The molecule has 1 saturated heterocycles. The zero-order chi connectivity index (χ0) is 21.7. The van der Waals surface area contributed by atoms with Gasteiger partial charge in [0.05, 0.1) is 14.2 Å². The van der Waals surface area contributed by atoms with Crippen LogP contribution >= 0.6 is 0 Å². The molecular weight excluding hydrogens is 404 g/mol. The number of aromatic nitrogens is 1. The van der Waals surface area contributed by atoms with Crippen LogP contribution in [0.3, 0.4) is 0 Å². The van der Waals surface area contributed by atoms with E-state index in [1.807, 2.05) is 37.2 Å². The number of hydrogen-bond acceptors (Lipinski definition) is 7. The van der Waals surface area contributed by atoms with Gasteiger partial charge >= 0.3 is 0 Å². The number of methoxy groups -OCH3 is 2. The summed E-state index contributed by atoms with van der Waals surface area (Å²) in [6, 6.07) is 9.27. The Hall–Kier alpha value is -2.36. The number of ether oxygens (including phenoxy) is 2. The fourth-order valence-corrected chi connectivity index (χ4v) is 4.74. The molecule has 2 aromatic rings. The van der Waals surface area contributed by atoms with Gasteiger partial charge in [0.1, 0.15) is 10.7 Å². The maximum atomic E-state index is 12.8. The molecule has 1 aromatic heterocycles. The topological polar surface area (TPSA) is 75.2 Å². The van der Waals surface area contributed by atoms with Gasteiger partial charge in [0.15, 0.2) is 11.5 Å². The van der Waals surface area contributed by atoms with Gasteiger partial charge in [-0.25, -0.2) is 13.4 Å². The molecule has 1 aliphatic rings. The van der Waals surface area contributed by atoms with E-state index in [9.17, 15) is 8.42 Å². The van der Waals surface area contributed by atoms with E-state index in [4.69, 9.17) is 9.47 Å². The molecule has 2 heterocycles. The van der Waals surface area contributed by atoms with Gasteiger partial charge in [-0.15, -0.1) is 0 Å². The SMILES string of the molecule is COc1ccc(CCN(C)c2ccc(S(=O)(=O)N3CCN(C)CC3)cn2)cc1OC. The molecule has 0 saturated carbocycles. The van der Waals surface area contributed by atoms with E-state index in [1.54, 1.807) is 26.4 Å². The summed E-state index contributed by atoms with van der Waals surface area (Å²) in [5.41, 5.74) is 1.12. The summed E-state index contributed by atoms with van der Waals surface area (Å²) in [5.74, 6) is 2.13. The van der Waals surface area contributed by atoms with Crippen LogP contribution in [0.2, 0.25) is 0 Å². The molecule has 0 atom stereocenters. The Labute approximate surface area is 179 Å². The van der Waals surface area contributed by atoms with Crippen molar-refractivity contribution in [3.63, 3.8) is 0 Å². The normalized spacial score (nSPS) is 15.7. The smallest absolute Gasteiger partial charge is 0.244 e. The number of benzene rings is 1. The summed E-state index contributed by atoms with van der Waals surface area (Å²) in [7, 11) is 3.68. The highest BCUT2D eigenvalue weighted by atomic mass is 32.2. The molecule has 0 bridgehead atoms. The van der Waals surface area contributed by atoms with Crippen LogP contribution in [0, 0.1) is 0 Å². The monoisotopic (exact) mass is 434 g/mol.